The first-order valence-corrected chi connectivity index (χ1v) is 5.84. The lowest BCUT2D eigenvalue weighted by Crippen LogP contribution is -2.52. The summed E-state index contributed by atoms with van der Waals surface area (Å²) >= 11 is 0. The molecular formula is C13H18N2O2. The number of carboxylic acid groups (broad SMARTS) is 1. The van der Waals surface area contributed by atoms with E-state index in [-0.39, 0.29) is 5.54 Å². The lowest BCUT2D eigenvalue weighted by Gasteiger charge is -2.45. The van der Waals surface area contributed by atoms with Gasteiger partial charge in [-0.3, -0.25) is 0 Å². The summed E-state index contributed by atoms with van der Waals surface area (Å²) in [7, 11) is 0. The molecular weight excluding hydrogens is 216 g/mol. The molecule has 2 N–H and O–H groups in total. The van der Waals surface area contributed by atoms with Gasteiger partial charge in [-0.05, 0) is 39.0 Å². The molecule has 4 heteroatoms. The normalized spacial score (nSPS) is 17.2. The van der Waals surface area contributed by atoms with Crippen molar-refractivity contribution in [1.82, 2.24) is 0 Å². The molecule has 0 spiro atoms. The largest absolute Gasteiger partial charge is 0.478 e. The second-order valence-corrected chi connectivity index (χ2v) is 4.95. The number of nitrogens with one attached hydrogen (secondary N) is 1. The molecule has 1 heterocycles. The van der Waals surface area contributed by atoms with Gasteiger partial charge in [0.05, 0.1) is 22.5 Å². The Hall–Kier alpha value is -1.71. The van der Waals surface area contributed by atoms with E-state index in [1.807, 2.05) is 6.07 Å². The Kier molecular flexibility index (Phi) is 2.73. The van der Waals surface area contributed by atoms with Crippen LogP contribution in [-0.4, -0.2) is 29.7 Å². The fraction of sp³-hybridized carbons (Fsp3) is 0.462. The van der Waals surface area contributed by atoms with Crippen molar-refractivity contribution in [3.05, 3.63) is 23.8 Å². The fourth-order valence-electron chi connectivity index (χ4n) is 2.38. The average Bonchev–Trinajstić information content (AvgIpc) is 2.27. The van der Waals surface area contributed by atoms with E-state index in [9.17, 15) is 4.79 Å². The molecule has 0 amide bonds. The van der Waals surface area contributed by atoms with Crippen LogP contribution in [0.1, 0.15) is 31.1 Å². The molecule has 17 heavy (non-hydrogen) atoms. The molecule has 1 aliphatic heterocycles. The summed E-state index contributed by atoms with van der Waals surface area (Å²) < 4.78 is 0. The van der Waals surface area contributed by atoms with Gasteiger partial charge in [0.15, 0.2) is 0 Å². The molecule has 1 aliphatic rings. The van der Waals surface area contributed by atoms with Crippen molar-refractivity contribution < 1.29 is 9.90 Å². The molecule has 1 aromatic carbocycles. The number of rotatable bonds is 2. The third-order valence-corrected chi connectivity index (χ3v) is 3.29. The maximum absolute atomic E-state index is 10.9. The molecule has 0 bridgehead atoms. The van der Waals surface area contributed by atoms with Gasteiger partial charge < -0.3 is 15.3 Å². The maximum atomic E-state index is 10.9. The van der Waals surface area contributed by atoms with Gasteiger partial charge in [-0.2, -0.15) is 0 Å². The van der Waals surface area contributed by atoms with Crippen molar-refractivity contribution in [3.63, 3.8) is 0 Å². The van der Waals surface area contributed by atoms with E-state index in [1.165, 1.54) is 0 Å². The molecule has 0 fully saturated rings. The first kappa shape index (κ1) is 11.8. The van der Waals surface area contributed by atoms with E-state index in [2.05, 4.69) is 31.0 Å². The number of likely N-dealkylation sites (N-methyl/N-ethyl adjacent to an activating group) is 1. The maximum Gasteiger partial charge on any atom is 0.335 e. The molecule has 0 aliphatic carbocycles. The van der Waals surface area contributed by atoms with E-state index in [4.69, 9.17) is 5.11 Å². The molecule has 0 saturated carbocycles. The van der Waals surface area contributed by atoms with Crippen molar-refractivity contribution in [2.45, 2.75) is 26.3 Å². The Morgan fingerprint density at radius 2 is 2.24 bits per heavy atom. The van der Waals surface area contributed by atoms with Crippen LogP contribution >= 0.6 is 0 Å². The number of benzene rings is 1. The monoisotopic (exact) mass is 234 g/mol. The van der Waals surface area contributed by atoms with Gasteiger partial charge in [0.2, 0.25) is 0 Å². The second kappa shape index (κ2) is 3.95. The highest BCUT2D eigenvalue weighted by Gasteiger charge is 2.31. The number of fused-ring (bicyclic) bond motifs is 1. The number of anilines is 2. The third kappa shape index (κ3) is 1.95. The molecule has 1 aromatic rings. The van der Waals surface area contributed by atoms with Gasteiger partial charge in [-0.1, -0.05) is 0 Å². The van der Waals surface area contributed by atoms with Crippen LogP contribution in [0.25, 0.3) is 0 Å². The summed E-state index contributed by atoms with van der Waals surface area (Å²) in [6, 6.07) is 5.25. The van der Waals surface area contributed by atoms with Crippen LogP contribution in [0.5, 0.6) is 0 Å². The van der Waals surface area contributed by atoms with Crippen molar-refractivity contribution in [3.8, 4) is 0 Å². The van der Waals surface area contributed by atoms with Gasteiger partial charge >= 0.3 is 5.97 Å². The summed E-state index contributed by atoms with van der Waals surface area (Å²) in [5, 5.41) is 12.3. The topological polar surface area (TPSA) is 52.6 Å². The highest BCUT2D eigenvalue weighted by molar-refractivity contribution is 5.91. The summed E-state index contributed by atoms with van der Waals surface area (Å²) in [6.45, 7) is 8.20. The summed E-state index contributed by atoms with van der Waals surface area (Å²) in [6.07, 6.45) is 0. The van der Waals surface area contributed by atoms with Crippen LogP contribution in [0.15, 0.2) is 18.2 Å². The van der Waals surface area contributed by atoms with Crippen molar-refractivity contribution in [2.24, 2.45) is 0 Å². The van der Waals surface area contributed by atoms with E-state index in [0.717, 1.165) is 24.5 Å². The minimum Gasteiger partial charge on any atom is -0.478 e. The smallest absolute Gasteiger partial charge is 0.335 e. The van der Waals surface area contributed by atoms with Crippen LogP contribution in [0, 0.1) is 0 Å². The Morgan fingerprint density at radius 3 is 2.82 bits per heavy atom. The Bertz CT molecular complexity index is 455. The van der Waals surface area contributed by atoms with Gasteiger partial charge in [0.1, 0.15) is 0 Å². The zero-order valence-electron chi connectivity index (χ0n) is 10.4. The van der Waals surface area contributed by atoms with E-state index < -0.39 is 5.97 Å². The Labute approximate surface area is 101 Å². The van der Waals surface area contributed by atoms with Crippen LogP contribution in [0.3, 0.4) is 0 Å². The van der Waals surface area contributed by atoms with Crippen molar-refractivity contribution >= 4 is 17.3 Å². The van der Waals surface area contributed by atoms with Gasteiger partial charge in [-0.15, -0.1) is 0 Å². The average molecular weight is 234 g/mol. The first-order chi connectivity index (χ1) is 7.95. The summed E-state index contributed by atoms with van der Waals surface area (Å²) in [5.41, 5.74) is 2.36. The van der Waals surface area contributed by atoms with Crippen LogP contribution in [0.4, 0.5) is 11.4 Å². The van der Waals surface area contributed by atoms with Crippen molar-refractivity contribution in [1.29, 1.82) is 0 Å². The van der Waals surface area contributed by atoms with Gasteiger partial charge in [-0.25, -0.2) is 4.79 Å². The number of hydrogen-bond donors (Lipinski definition) is 2. The lowest BCUT2D eigenvalue weighted by atomic mass is 9.97. The van der Waals surface area contributed by atoms with Gasteiger partial charge in [0, 0.05) is 13.1 Å². The predicted octanol–water partition coefficient (Wildman–Crippen LogP) is 2.42. The quantitative estimate of drug-likeness (QED) is 0.825. The first-order valence-electron chi connectivity index (χ1n) is 5.84. The zero-order chi connectivity index (χ0) is 12.6. The predicted molar refractivity (Wildman–Crippen MR) is 69.0 cm³/mol. The summed E-state index contributed by atoms with van der Waals surface area (Å²) in [5.74, 6) is -0.887. The minimum atomic E-state index is -0.887. The summed E-state index contributed by atoms with van der Waals surface area (Å²) in [4.78, 5) is 13.2. The Balaban J connectivity index is 2.46. The number of nitrogens with zero attached hydrogens (tertiary/aromatic N) is 1. The van der Waals surface area contributed by atoms with E-state index in [0.29, 0.717) is 5.56 Å². The molecule has 92 valence electrons. The molecule has 0 unspecified atom stereocenters. The zero-order valence-corrected chi connectivity index (χ0v) is 10.4. The third-order valence-electron chi connectivity index (χ3n) is 3.29. The van der Waals surface area contributed by atoms with Crippen LogP contribution in [-0.2, 0) is 0 Å². The SMILES string of the molecule is CCN1c2ccc(C(=O)O)cc2NCC1(C)C. The van der Waals surface area contributed by atoms with Gasteiger partial charge in [0.25, 0.3) is 0 Å². The molecule has 4 nitrogen and oxygen atoms in total. The van der Waals surface area contributed by atoms with E-state index in [1.54, 1.807) is 12.1 Å². The standard InChI is InChI=1S/C13H18N2O2/c1-4-15-11-6-5-9(12(16)17)7-10(11)14-8-13(15,2)3/h5-7,14H,4,8H2,1-3H3,(H,16,17). The highest BCUT2D eigenvalue weighted by Crippen LogP contribution is 2.36. The Morgan fingerprint density at radius 1 is 1.53 bits per heavy atom. The molecule has 0 atom stereocenters. The molecule has 2 rings (SSSR count). The van der Waals surface area contributed by atoms with Crippen molar-refractivity contribution in [2.75, 3.05) is 23.3 Å². The molecule has 0 saturated heterocycles. The number of carbonyl (C=O) groups is 1. The fourth-order valence-corrected chi connectivity index (χ4v) is 2.38. The molecule has 0 aromatic heterocycles. The van der Waals surface area contributed by atoms with Crippen LogP contribution < -0.4 is 10.2 Å². The number of aromatic carboxylic acids is 1. The number of carboxylic acids is 1. The highest BCUT2D eigenvalue weighted by atomic mass is 16.4. The molecule has 0 radical (unpaired) electrons. The van der Waals surface area contributed by atoms with E-state index >= 15 is 0 Å². The second-order valence-electron chi connectivity index (χ2n) is 4.95. The van der Waals surface area contributed by atoms with Crippen LogP contribution in [0.2, 0.25) is 0 Å². The number of hydrogen-bond acceptors (Lipinski definition) is 3. The minimum absolute atomic E-state index is 0.0481. The lowest BCUT2D eigenvalue weighted by molar-refractivity contribution is 0.0697.